The molecular weight excluding hydrogens is 200 g/mol. The summed E-state index contributed by atoms with van der Waals surface area (Å²) >= 11 is 0. The molecule has 2 heterocycles. The van der Waals surface area contributed by atoms with Crippen LogP contribution in [0.4, 0.5) is 0 Å². The summed E-state index contributed by atoms with van der Waals surface area (Å²) in [6.45, 7) is 6.09. The summed E-state index contributed by atoms with van der Waals surface area (Å²) in [5.74, 6) is 0. The van der Waals surface area contributed by atoms with Gasteiger partial charge < -0.3 is 5.32 Å². The first kappa shape index (κ1) is 11.1. The van der Waals surface area contributed by atoms with Gasteiger partial charge in [0.1, 0.15) is 11.8 Å². The molecular formula is C12H16N4. The first-order valence-corrected chi connectivity index (χ1v) is 5.60. The van der Waals surface area contributed by atoms with Crippen LogP contribution in [0.15, 0.2) is 18.3 Å². The van der Waals surface area contributed by atoms with Crippen LogP contribution in [0.3, 0.4) is 0 Å². The lowest BCUT2D eigenvalue weighted by Gasteiger charge is -2.33. The highest BCUT2D eigenvalue weighted by Crippen LogP contribution is 2.11. The standard InChI is InChI=1S/C12H16N4/c1-10-8-14-5-6-16(10)9-11-3-2-4-15-12(11)7-13/h2-4,10,14H,5-6,8-9H2,1H3/t10-/m0/s1. The van der Waals surface area contributed by atoms with E-state index in [1.165, 1.54) is 0 Å². The van der Waals surface area contributed by atoms with E-state index >= 15 is 0 Å². The van der Waals surface area contributed by atoms with E-state index in [1.807, 2.05) is 12.1 Å². The predicted molar refractivity (Wildman–Crippen MR) is 61.7 cm³/mol. The molecule has 1 aromatic heterocycles. The van der Waals surface area contributed by atoms with Crippen molar-refractivity contribution in [1.82, 2.24) is 15.2 Å². The molecule has 1 aromatic rings. The number of nitrogens with one attached hydrogen (secondary N) is 1. The molecule has 1 aliphatic rings. The van der Waals surface area contributed by atoms with Gasteiger partial charge in [-0.05, 0) is 13.0 Å². The fraction of sp³-hybridized carbons (Fsp3) is 0.500. The summed E-state index contributed by atoms with van der Waals surface area (Å²) in [5, 5.41) is 12.3. The lowest BCUT2D eigenvalue weighted by atomic mass is 10.1. The molecule has 84 valence electrons. The smallest absolute Gasteiger partial charge is 0.144 e. The van der Waals surface area contributed by atoms with Crippen LogP contribution < -0.4 is 5.32 Å². The van der Waals surface area contributed by atoms with Gasteiger partial charge in [0.05, 0.1) is 0 Å². The maximum Gasteiger partial charge on any atom is 0.144 e. The van der Waals surface area contributed by atoms with Gasteiger partial charge in [0.15, 0.2) is 0 Å². The van der Waals surface area contributed by atoms with Crippen molar-refractivity contribution >= 4 is 0 Å². The molecule has 2 rings (SSSR count). The normalized spacial score (nSPS) is 21.6. The van der Waals surface area contributed by atoms with E-state index in [0.29, 0.717) is 11.7 Å². The lowest BCUT2D eigenvalue weighted by Crippen LogP contribution is -2.49. The Morgan fingerprint density at radius 3 is 3.31 bits per heavy atom. The molecule has 0 amide bonds. The third-order valence-corrected chi connectivity index (χ3v) is 3.01. The zero-order valence-corrected chi connectivity index (χ0v) is 9.48. The second-order valence-electron chi connectivity index (χ2n) is 4.15. The van der Waals surface area contributed by atoms with Gasteiger partial charge in [0, 0.05) is 44.0 Å². The average Bonchev–Trinajstić information content (AvgIpc) is 2.33. The number of nitrogens with zero attached hydrogens (tertiary/aromatic N) is 3. The molecule has 0 bridgehead atoms. The Bertz CT molecular complexity index is 396. The maximum atomic E-state index is 8.97. The molecule has 4 heteroatoms. The van der Waals surface area contributed by atoms with E-state index in [9.17, 15) is 0 Å². The van der Waals surface area contributed by atoms with E-state index in [0.717, 1.165) is 31.7 Å². The molecule has 0 spiro atoms. The van der Waals surface area contributed by atoms with E-state index in [4.69, 9.17) is 5.26 Å². The van der Waals surface area contributed by atoms with Crippen molar-refractivity contribution < 1.29 is 0 Å². The fourth-order valence-corrected chi connectivity index (χ4v) is 2.00. The first-order chi connectivity index (χ1) is 7.81. The Labute approximate surface area is 95.9 Å². The second-order valence-corrected chi connectivity index (χ2v) is 4.15. The van der Waals surface area contributed by atoms with Crippen LogP contribution in [-0.2, 0) is 6.54 Å². The maximum absolute atomic E-state index is 8.97. The Morgan fingerprint density at radius 1 is 1.69 bits per heavy atom. The van der Waals surface area contributed by atoms with Crippen LogP contribution in [0, 0.1) is 11.3 Å². The van der Waals surface area contributed by atoms with Crippen LogP contribution >= 0.6 is 0 Å². The highest BCUT2D eigenvalue weighted by molar-refractivity contribution is 5.30. The lowest BCUT2D eigenvalue weighted by molar-refractivity contribution is 0.165. The zero-order valence-electron chi connectivity index (χ0n) is 9.48. The molecule has 1 atom stereocenters. The van der Waals surface area contributed by atoms with Crippen LogP contribution in [-0.4, -0.2) is 35.6 Å². The van der Waals surface area contributed by atoms with Crippen molar-refractivity contribution in [2.75, 3.05) is 19.6 Å². The number of piperazine rings is 1. The highest BCUT2D eigenvalue weighted by Gasteiger charge is 2.18. The minimum absolute atomic E-state index is 0.514. The van der Waals surface area contributed by atoms with Gasteiger partial charge in [0.25, 0.3) is 0 Å². The third kappa shape index (κ3) is 2.38. The second kappa shape index (κ2) is 5.06. The fourth-order valence-electron chi connectivity index (χ4n) is 2.00. The van der Waals surface area contributed by atoms with Crippen LogP contribution in [0.1, 0.15) is 18.2 Å². The minimum atomic E-state index is 0.514. The topological polar surface area (TPSA) is 52.0 Å². The molecule has 0 saturated carbocycles. The monoisotopic (exact) mass is 216 g/mol. The number of hydrogen-bond acceptors (Lipinski definition) is 4. The van der Waals surface area contributed by atoms with E-state index < -0.39 is 0 Å². The summed E-state index contributed by atoms with van der Waals surface area (Å²) in [6.07, 6.45) is 1.67. The summed E-state index contributed by atoms with van der Waals surface area (Å²) in [4.78, 5) is 6.47. The Kier molecular flexibility index (Phi) is 3.50. The summed E-state index contributed by atoms with van der Waals surface area (Å²) in [5.41, 5.74) is 1.58. The Hall–Kier alpha value is -1.44. The summed E-state index contributed by atoms with van der Waals surface area (Å²) < 4.78 is 0. The zero-order chi connectivity index (χ0) is 11.4. The van der Waals surface area contributed by atoms with Gasteiger partial charge in [-0.1, -0.05) is 6.07 Å². The molecule has 16 heavy (non-hydrogen) atoms. The SMILES string of the molecule is C[C@H]1CNCCN1Cc1cccnc1C#N. The van der Waals surface area contributed by atoms with Gasteiger partial charge >= 0.3 is 0 Å². The summed E-state index contributed by atoms with van der Waals surface area (Å²) in [6, 6.07) is 6.54. The predicted octanol–water partition coefficient (Wildman–Crippen LogP) is 0.747. The molecule has 0 unspecified atom stereocenters. The molecule has 1 fully saturated rings. The van der Waals surface area contributed by atoms with Gasteiger partial charge in [0.2, 0.25) is 0 Å². The van der Waals surface area contributed by atoms with Gasteiger partial charge in [-0.3, -0.25) is 4.90 Å². The summed E-state index contributed by atoms with van der Waals surface area (Å²) in [7, 11) is 0. The van der Waals surface area contributed by atoms with Crippen molar-refractivity contribution in [2.24, 2.45) is 0 Å². The van der Waals surface area contributed by atoms with Crippen LogP contribution in [0.5, 0.6) is 0 Å². The molecule has 1 N–H and O–H groups in total. The quantitative estimate of drug-likeness (QED) is 0.792. The van der Waals surface area contributed by atoms with Gasteiger partial charge in [-0.25, -0.2) is 4.98 Å². The number of hydrogen-bond donors (Lipinski definition) is 1. The first-order valence-electron chi connectivity index (χ1n) is 5.60. The number of nitriles is 1. The number of rotatable bonds is 2. The third-order valence-electron chi connectivity index (χ3n) is 3.01. The molecule has 1 aliphatic heterocycles. The van der Waals surface area contributed by atoms with E-state index in [-0.39, 0.29) is 0 Å². The Balaban J connectivity index is 2.11. The molecule has 4 nitrogen and oxygen atoms in total. The van der Waals surface area contributed by atoms with Crippen molar-refractivity contribution in [3.05, 3.63) is 29.6 Å². The van der Waals surface area contributed by atoms with Crippen LogP contribution in [0.25, 0.3) is 0 Å². The largest absolute Gasteiger partial charge is 0.314 e. The van der Waals surface area contributed by atoms with Crippen molar-refractivity contribution in [3.63, 3.8) is 0 Å². The molecule has 0 aliphatic carbocycles. The van der Waals surface area contributed by atoms with Crippen molar-refractivity contribution in [3.8, 4) is 6.07 Å². The van der Waals surface area contributed by atoms with E-state index in [2.05, 4.69) is 28.2 Å². The molecule has 0 aromatic carbocycles. The van der Waals surface area contributed by atoms with E-state index in [1.54, 1.807) is 6.20 Å². The van der Waals surface area contributed by atoms with Gasteiger partial charge in [-0.2, -0.15) is 5.26 Å². The minimum Gasteiger partial charge on any atom is -0.314 e. The van der Waals surface area contributed by atoms with Crippen molar-refractivity contribution in [1.29, 1.82) is 5.26 Å². The number of aromatic nitrogens is 1. The molecule has 1 saturated heterocycles. The average molecular weight is 216 g/mol. The molecule has 0 radical (unpaired) electrons. The number of pyridine rings is 1. The highest BCUT2D eigenvalue weighted by atomic mass is 15.2. The van der Waals surface area contributed by atoms with Gasteiger partial charge in [-0.15, -0.1) is 0 Å². The van der Waals surface area contributed by atoms with Crippen LogP contribution in [0.2, 0.25) is 0 Å². The van der Waals surface area contributed by atoms with Crippen molar-refractivity contribution in [2.45, 2.75) is 19.5 Å². The Morgan fingerprint density at radius 2 is 2.56 bits per heavy atom.